The molecule has 36 heavy (non-hydrogen) atoms. The maximum Gasteiger partial charge on any atom is 0.419 e. The van der Waals surface area contributed by atoms with Crippen LogP contribution in [-0.4, -0.2) is 57.7 Å². The molecule has 1 aliphatic rings. The summed E-state index contributed by atoms with van der Waals surface area (Å²) in [5.41, 5.74) is -3.84. The minimum absolute atomic E-state index is 0.192. The molecule has 2 aromatic heterocycles. The van der Waals surface area contributed by atoms with Crippen LogP contribution in [0.25, 0.3) is 22.2 Å². The molecule has 12 heteroatoms. The van der Waals surface area contributed by atoms with Gasteiger partial charge in [-0.1, -0.05) is 12.1 Å². The summed E-state index contributed by atoms with van der Waals surface area (Å²) in [7, 11) is 0. The van der Waals surface area contributed by atoms with Crippen molar-refractivity contribution in [2.45, 2.75) is 39.5 Å². The Balaban J connectivity index is 1.70. The quantitative estimate of drug-likeness (QED) is 0.434. The number of anilines is 1. The van der Waals surface area contributed by atoms with E-state index in [2.05, 4.69) is 15.0 Å². The predicted octanol–water partition coefficient (Wildman–Crippen LogP) is 5.35. The number of ether oxygens (including phenoxy) is 1. The van der Waals surface area contributed by atoms with Crippen molar-refractivity contribution in [3.63, 3.8) is 0 Å². The molecule has 1 aromatic carbocycles. The number of piperazine rings is 1. The summed E-state index contributed by atoms with van der Waals surface area (Å²) in [6.07, 6.45) is -4.31. The van der Waals surface area contributed by atoms with Gasteiger partial charge in [-0.3, -0.25) is 4.98 Å². The van der Waals surface area contributed by atoms with Crippen LogP contribution < -0.4 is 4.90 Å². The van der Waals surface area contributed by atoms with Crippen molar-refractivity contribution in [2.75, 3.05) is 31.1 Å². The summed E-state index contributed by atoms with van der Waals surface area (Å²) >= 11 is 0. The van der Waals surface area contributed by atoms with E-state index in [-0.39, 0.29) is 16.7 Å². The number of halogens is 5. The summed E-state index contributed by atoms with van der Waals surface area (Å²) < 4.78 is 75.7. The van der Waals surface area contributed by atoms with Gasteiger partial charge in [0.1, 0.15) is 39.8 Å². The Morgan fingerprint density at radius 3 is 2.31 bits per heavy atom. The molecule has 4 rings (SSSR count). The largest absolute Gasteiger partial charge is 0.444 e. The van der Waals surface area contributed by atoms with E-state index in [0.717, 1.165) is 12.1 Å². The van der Waals surface area contributed by atoms with Crippen molar-refractivity contribution in [1.29, 1.82) is 0 Å². The fraction of sp³-hybridized carbons (Fsp3) is 0.417. The van der Waals surface area contributed by atoms with Gasteiger partial charge in [-0.25, -0.2) is 23.5 Å². The molecular weight excluding hydrogens is 485 g/mol. The third-order valence-corrected chi connectivity index (χ3v) is 5.56. The number of hydrogen-bond acceptors (Lipinski definition) is 6. The summed E-state index contributed by atoms with van der Waals surface area (Å²) in [4.78, 5) is 28.2. The fourth-order valence-electron chi connectivity index (χ4n) is 4.02. The average molecular weight is 509 g/mol. The first kappa shape index (κ1) is 25.5. The van der Waals surface area contributed by atoms with Crippen LogP contribution in [0.2, 0.25) is 0 Å². The van der Waals surface area contributed by atoms with Crippen molar-refractivity contribution < 1.29 is 31.5 Å². The van der Waals surface area contributed by atoms with Crippen LogP contribution in [-0.2, 0) is 10.9 Å². The first-order chi connectivity index (χ1) is 16.8. The maximum absolute atomic E-state index is 15.6. The van der Waals surface area contributed by atoms with Gasteiger partial charge in [-0.05, 0) is 33.8 Å². The summed E-state index contributed by atoms with van der Waals surface area (Å²) in [5.74, 6) is -2.10. The Bertz CT molecular complexity index is 1310. The smallest absolute Gasteiger partial charge is 0.419 e. The van der Waals surface area contributed by atoms with E-state index < -0.39 is 46.3 Å². The van der Waals surface area contributed by atoms with Crippen LogP contribution in [0.1, 0.15) is 32.2 Å². The van der Waals surface area contributed by atoms with Crippen LogP contribution >= 0.6 is 0 Å². The number of amides is 1. The molecule has 0 saturated carbocycles. The molecule has 1 amide bonds. The van der Waals surface area contributed by atoms with E-state index in [1.807, 2.05) is 4.90 Å². The average Bonchev–Trinajstić information content (AvgIpc) is 2.77. The van der Waals surface area contributed by atoms with Crippen LogP contribution in [0, 0.1) is 18.6 Å². The normalized spacial score (nSPS) is 14.9. The Kier molecular flexibility index (Phi) is 6.48. The molecule has 1 aliphatic heterocycles. The summed E-state index contributed by atoms with van der Waals surface area (Å²) in [6.45, 7) is 8.21. The Morgan fingerprint density at radius 1 is 1.03 bits per heavy atom. The van der Waals surface area contributed by atoms with Crippen LogP contribution in [0.4, 0.5) is 32.6 Å². The van der Waals surface area contributed by atoms with Gasteiger partial charge in [0.15, 0.2) is 5.82 Å². The number of benzene rings is 1. The number of alkyl halides is 3. The van der Waals surface area contributed by atoms with Gasteiger partial charge in [0.2, 0.25) is 0 Å². The van der Waals surface area contributed by atoms with Crippen LogP contribution in [0.3, 0.4) is 0 Å². The van der Waals surface area contributed by atoms with Gasteiger partial charge >= 0.3 is 12.3 Å². The highest BCUT2D eigenvalue weighted by Crippen LogP contribution is 2.40. The van der Waals surface area contributed by atoms with Crippen molar-refractivity contribution in [3.8, 4) is 11.3 Å². The van der Waals surface area contributed by atoms with Gasteiger partial charge in [-0.2, -0.15) is 13.2 Å². The molecule has 0 N–H and O–H groups in total. The Morgan fingerprint density at radius 2 is 1.69 bits per heavy atom. The molecule has 0 aliphatic carbocycles. The van der Waals surface area contributed by atoms with Crippen LogP contribution in [0.5, 0.6) is 0 Å². The number of carbonyl (C=O) groups is 1. The monoisotopic (exact) mass is 509 g/mol. The molecule has 1 saturated heterocycles. The number of hydrogen-bond donors (Lipinski definition) is 0. The molecule has 0 bridgehead atoms. The number of aromatic nitrogens is 3. The lowest BCUT2D eigenvalue weighted by molar-refractivity contribution is -0.139. The number of nitrogens with zero attached hydrogens (tertiary/aromatic N) is 5. The molecule has 1 fully saturated rings. The highest BCUT2D eigenvalue weighted by Gasteiger charge is 2.38. The van der Waals surface area contributed by atoms with E-state index in [0.29, 0.717) is 38.1 Å². The van der Waals surface area contributed by atoms with Gasteiger partial charge in [0.25, 0.3) is 0 Å². The summed E-state index contributed by atoms with van der Waals surface area (Å²) in [5, 5.41) is 0.192. The lowest BCUT2D eigenvalue weighted by Crippen LogP contribution is -2.50. The van der Waals surface area contributed by atoms with E-state index >= 15 is 4.39 Å². The maximum atomic E-state index is 15.6. The second kappa shape index (κ2) is 9.14. The van der Waals surface area contributed by atoms with Gasteiger partial charge in [0.05, 0.1) is 5.39 Å². The number of pyridine rings is 1. The number of carbonyl (C=O) groups excluding carboxylic acids is 1. The lowest BCUT2D eigenvalue weighted by atomic mass is 10.0. The second-order valence-corrected chi connectivity index (χ2v) is 9.39. The molecule has 0 spiro atoms. The minimum Gasteiger partial charge on any atom is -0.444 e. The Labute approximate surface area is 203 Å². The Hall–Kier alpha value is -3.57. The van der Waals surface area contributed by atoms with Crippen molar-refractivity contribution >= 4 is 22.8 Å². The second-order valence-electron chi connectivity index (χ2n) is 9.39. The van der Waals surface area contributed by atoms with Gasteiger partial charge < -0.3 is 14.5 Å². The van der Waals surface area contributed by atoms with Gasteiger partial charge in [-0.15, -0.1) is 0 Å². The van der Waals surface area contributed by atoms with Crippen molar-refractivity contribution in [3.05, 3.63) is 47.4 Å². The standard InChI is InChI=1S/C24H24F5N5O2/c1-13-31-20-15(21(32-13)33-8-10-34(11-9-33)22(35)36-23(2,3)4)12-30-19(18(20)26)14-6-5-7-16(25)17(14)24(27,28)29/h5-7,12H,8-11H2,1-4H3. The fourth-order valence-corrected chi connectivity index (χ4v) is 4.02. The zero-order chi connectivity index (χ0) is 26.4. The molecule has 0 unspecified atom stereocenters. The molecule has 192 valence electrons. The molecule has 3 heterocycles. The van der Waals surface area contributed by atoms with Crippen molar-refractivity contribution in [1.82, 2.24) is 19.9 Å². The number of fused-ring (bicyclic) bond motifs is 1. The minimum atomic E-state index is -5.05. The predicted molar refractivity (Wildman–Crippen MR) is 122 cm³/mol. The first-order valence-corrected chi connectivity index (χ1v) is 11.2. The highest BCUT2D eigenvalue weighted by molar-refractivity contribution is 5.92. The van der Waals surface area contributed by atoms with Crippen LogP contribution in [0.15, 0.2) is 24.4 Å². The third kappa shape index (κ3) is 5.02. The highest BCUT2D eigenvalue weighted by atomic mass is 19.4. The zero-order valence-electron chi connectivity index (χ0n) is 20.1. The molecule has 0 radical (unpaired) electrons. The molecule has 3 aromatic rings. The van der Waals surface area contributed by atoms with E-state index in [9.17, 15) is 22.4 Å². The third-order valence-electron chi connectivity index (χ3n) is 5.56. The van der Waals surface area contributed by atoms with E-state index in [1.54, 1.807) is 25.7 Å². The SMILES string of the molecule is Cc1nc(N2CCN(C(=O)OC(C)(C)C)CC2)c2cnc(-c3cccc(F)c3C(F)(F)F)c(F)c2n1. The zero-order valence-corrected chi connectivity index (χ0v) is 20.1. The number of rotatable bonds is 2. The lowest BCUT2D eigenvalue weighted by Gasteiger charge is -2.36. The topological polar surface area (TPSA) is 71.5 Å². The molecular formula is C24H24F5N5O2. The van der Waals surface area contributed by atoms with E-state index in [4.69, 9.17) is 4.74 Å². The molecule has 0 atom stereocenters. The van der Waals surface area contributed by atoms with Gasteiger partial charge in [0, 0.05) is 37.9 Å². The van der Waals surface area contributed by atoms with Crippen molar-refractivity contribution in [2.24, 2.45) is 0 Å². The molecule has 7 nitrogen and oxygen atoms in total. The first-order valence-electron chi connectivity index (χ1n) is 11.2. The van der Waals surface area contributed by atoms with E-state index in [1.165, 1.54) is 13.1 Å². The number of aryl methyl sites for hydroxylation is 1. The summed E-state index contributed by atoms with van der Waals surface area (Å²) in [6, 6.07) is 2.69.